The highest BCUT2D eigenvalue weighted by molar-refractivity contribution is 5.96. The smallest absolute Gasteiger partial charge is 0.263 e. The fraction of sp³-hybridized carbons (Fsp3) is 0.103. The number of hydrogen-bond donors (Lipinski definition) is 1. The molecule has 4 aromatic heterocycles. The summed E-state index contributed by atoms with van der Waals surface area (Å²) in [4.78, 5) is 23.1. The Morgan fingerprint density at radius 1 is 0.917 bits per heavy atom. The molecule has 1 N–H and O–H groups in total. The van der Waals surface area contributed by atoms with Crippen LogP contribution in [0.15, 0.2) is 102 Å². The standard InChI is InChI=1S/C29H24N6O/c1-19(33-25-13-15-30-24-12-7-14-31-28(24)25)26-16-20-8-6-11-23(21-17-32-34(2)18-21)27(20)29(36)35(26)22-9-4-3-5-10-22/h3-19H,1-2H3,(H,30,33)/t19-/m0/s1. The van der Waals surface area contributed by atoms with Crippen molar-refractivity contribution in [3.8, 4) is 16.8 Å². The number of nitrogens with zero attached hydrogens (tertiary/aromatic N) is 5. The summed E-state index contributed by atoms with van der Waals surface area (Å²) in [5.74, 6) is 0. The van der Waals surface area contributed by atoms with Gasteiger partial charge < -0.3 is 5.32 Å². The third kappa shape index (κ3) is 3.71. The lowest BCUT2D eigenvalue weighted by atomic mass is 9.99. The van der Waals surface area contributed by atoms with E-state index in [-0.39, 0.29) is 11.6 Å². The maximum Gasteiger partial charge on any atom is 0.263 e. The number of nitrogens with one attached hydrogen (secondary N) is 1. The maximum atomic E-state index is 14.2. The van der Waals surface area contributed by atoms with Crippen LogP contribution < -0.4 is 10.9 Å². The molecule has 2 aromatic carbocycles. The fourth-order valence-corrected chi connectivity index (χ4v) is 4.75. The maximum absolute atomic E-state index is 14.2. The van der Waals surface area contributed by atoms with E-state index in [0.717, 1.165) is 44.6 Å². The second-order valence-corrected chi connectivity index (χ2v) is 8.81. The minimum absolute atomic E-state index is 0.0699. The lowest BCUT2D eigenvalue weighted by molar-refractivity contribution is 0.768. The van der Waals surface area contributed by atoms with E-state index < -0.39 is 0 Å². The fourth-order valence-electron chi connectivity index (χ4n) is 4.75. The first-order chi connectivity index (χ1) is 17.6. The molecule has 36 heavy (non-hydrogen) atoms. The van der Waals surface area contributed by atoms with E-state index in [1.54, 1.807) is 27.8 Å². The average Bonchev–Trinajstić information content (AvgIpc) is 3.35. The second kappa shape index (κ2) is 8.78. The molecule has 0 radical (unpaired) electrons. The van der Waals surface area contributed by atoms with Crippen molar-refractivity contribution in [2.45, 2.75) is 13.0 Å². The number of aromatic nitrogens is 5. The summed E-state index contributed by atoms with van der Waals surface area (Å²) in [5.41, 5.74) is 5.84. The minimum atomic E-state index is -0.197. The molecule has 0 saturated carbocycles. The second-order valence-electron chi connectivity index (χ2n) is 8.81. The van der Waals surface area contributed by atoms with E-state index in [2.05, 4.69) is 33.4 Å². The van der Waals surface area contributed by atoms with Gasteiger partial charge in [0, 0.05) is 42.6 Å². The predicted octanol–water partition coefficient (Wildman–Crippen LogP) is 5.51. The third-order valence-corrected chi connectivity index (χ3v) is 6.42. The molecule has 7 nitrogen and oxygen atoms in total. The van der Waals surface area contributed by atoms with Gasteiger partial charge in [-0.3, -0.25) is 24.0 Å². The first-order valence-electron chi connectivity index (χ1n) is 11.8. The van der Waals surface area contributed by atoms with Crippen LogP contribution in [0, 0.1) is 0 Å². The highest BCUT2D eigenvalue weighted by Crippen LogP contribution is 2.30. The van der Waals surface area contributed by atoms with Crippen molar-refractivity contribution in [1.82, 2.24) is 24.3 Å². The number of pyridine rings is 3. The summed E-state index contributed by atoms with van der Waals surface area (Å²) >= 11 is 0. The summed E-state index contributed by atoms with van der Waals surface area (Å²) in [6.07, 6.45) is 7.25. The largest absolute Gasteiger partial charge is 0.375 e. The molecule has 0 unspecified atom stereocenters. The number of rotatable bonds is 5. The van der Waals surface area contributed by atoms with E-state index in [1.165, 1.54) is 0 Å². The van der Waals surface area contributed by atoms with E-state index in [9.17, 15) is 4.79 Å². The number of hydrogen-bond acceptors (Lipinski definition) is 5. The van der Waals surface area contributed by atoms with Gasteiger partial charge in [-0.15, -0.1) is 0 Å². The minimum Gasteiger partial charge on any atom is -0.375 e. The SMILES string of the molecule is C[C@H](Nc1ccnc2cccnc12)c1cc2cccc(-c3cnn(C)c3)c2c(=O)n1-c1ccccc1. The van der Waals surface area contributed by atoms with Gasteiger partial charge in [-0.1, -0.05) is 36.4 Å². The van der Waals surface area contributed by atoms with Crippen LogP contribution in [0.2, 0.25) is 0 Å². The van der Waals surface area contributed by atoms with E-state index in [0.29, 0.717) is 5.39 Å². The Balaban J connectivity index is 1.57. The zero-order valence-electron chi connectivity index (χ0n) is 20.0. The normalized spacial score (nSPS) is 12.2. The van der Waals surface area contributed by atoms with Crippen LogP contribution in [-0.2, 0) is 7.05 Å². The Bertz CT molecular complexity index is 1770. The molecule has 7 heteroatoms. The van der Waals surface area contributed by atoms with Gasteiger partial charge in [0.25, 0.3) is 5.56 Å². The van der Waals surface area contributed by atoms with Crippen molar-refractivity contribution in [2.24, 2.45) is 7.05 Å². The molecular weight excluding hydrogens is 448 g/mol. The summed E-state index contributed by atoms with van der Waals surface area (Å²) in [5, 5.41) is 9.44. The van der Waals surface area contributed by atoms with E-state index in [4.69, 9.17) is 0 Å². The van der Waals surface area contributed by atoms with Crippen molar-refractivity contribution in [3.05, 3.63) is 114 Å². The molecular formula is C29H24N6O. The average molecular weight is 473 g/mol. The molecule has 0 aliphatic carbocycles. The van der Waals surface area contributed by atoms with Crippen LogP contribution >= 0.6 is 0 Å². The lowest BCUT2D eigenvalue weighted by Gasteiger charge is -2.22. The molecule has 0 fully saturated rings. The van der Waals surface area contributed by atoms with Gasteiger partial charge in [0.1, 0.15) is 5.52 Å². The molecule has 0 spiro atoms. The molecule has 0 aliphatic heterocycles. The highest BCUT2D eigenvalue weighted by atomic mass is 16.1. The summed E-state index contributed by atoms with van der Waals surface area (Å²) in [6, 6.07) is 23.3. The zero-order valence-corrected chi connectivity index (χ0v) is 20.0. The summed E-state index contributed by atoms with van der Waals surface area (Å²) < 4.78 is 3.55. The molecule has 1 atom stereocenters. The quantitative estimate of drug-likeness (QED) is 0.358. The van der Waals surface area contributed by atoms with Crippen LogP contribution in [0.25, 0.3) is 38.6 Å². The molecule has 0 aliphatic rings. The Morgan fingerprint density at radius 3 is 2.58 bits per heavy atom. The Labute approximate surface area is 207 Å². The Morgan fingerprint density at radius 2 is 1.78 bits per heavy atom. The molecule has 4 heterocycles. The van der Waals surface area contributed by atoms with Crippen molar-refractivity contribution in [1.29, 1.82) is 0 Å². The molecule has 0 saturated heterocycles. The lowest BCUT2D eigenvalue weighted by Crippen LogP contribution is -2.26. The van der Waals surface area contributed by atoms with Crippen molar-refractivity contribution >= 4 is 27.5 Å². The monoisotopic (exact) mass is 472 g/mol. The Hall–Kier alpha value is -4.78. The third-order valence-electron chi connectivity index (χ3n) is 6.42. The topological polar surface area (TPSA) is 77.6 Å². The van der Waals surface area contributed by atoms with Crippen molar-refractivity contribution < 1.29 is 0 Å². The van der Waals surface area contributed by atoms with Gasteiger partial charge in [0.05, 0.1) is 28.8 Å². The molecule has 6 rings (SSSR count). The van der Waals surface area contributed by atoms with E-state index in [1.807, 2.05) is 80.0 Å². The van der Waals surface area contributed by atoms with Crippen LogP contribution in [0.1, 0.15) is 18.7 Å². The summed E-state index contributed by atoms with van der Waals surface area (Å²) in [7, 11) is 1.88. The van der Waals surface area contributed by atoms with Crippen LogP contribution in [0.4, 0.5) is 5.69 Å². The number of para-hydroxylation sites is 1. The van der Waals surface area contributed by atoms with Gasteiger partial charge in [0.15, 0.2) is 0 Å². The summed E-state index contributed by atoms with van der Waals surface area (Å²) in [6.45, 7) is 2.06. The molecule has 0 bridgehead atoms. The number of fused-ring (bicyclic) bond motifs is 2. The highest BCUT2D eigenvalue weighted by Gasteiger charge is 2.19. The van der Waals surface area contributed by atoms with E-state index >= 15 is 0 Å². The molecule has 6 aromatic rings. The predicted molar refractivity (Wildman–Crippen MR) is 143 cm³/mol. The van der Waals surface area contributed by atoms with Crippen molar-refractivity contribution in [3.63, 3.8) is 0 Å². The first kappa shape index (κ1) is 21.7. The van der Waals surface area contributed by atoms with Gasteiger partial charge in [-0.25, -0.2) is 0 Å². The van der Waals surface area contributed by atoms with Crippen LogP contribution in [0.5, 0.6) is 0 Å². The zero-order chi connectivity index (χ0) is 24.6. The van der Waals surface area contributed by atoms with Crippen LogP contribution in [0.3, 0.4) is 0 Å². The first-order valence-corrected chi connectivity index (χ1v) is 11.8. The van der Waals surface area contributed by atoms with Gasteiger partial charge in [-0.05, 0) is 54.3 Å². The van der Waals surface area contributed by atoms with Crippen molar-refractivity contribution in [2.75, 3.05) is 5.32 Å². The van der Waals surface area contributed by atoms with Gasteiger partial charge in [0.2, 0.25) is 0 Å². The van der Waals surface area contributed by atoms with Gasteiger partial charge >= 0.3 is 0 Å². The number of aryl methyl sites for hydroxylation is 1. The molecule has 176 valence electrons. The van der Waals surface area contributed by atoms with Gasteiger partial charge in [-0.2, -0.15) is 5.10 Å². The number of benzene rings is 2. The van der Waals surface area contributed by atoms with Crippen LogP contribution in [-0.4, -0.2) is 24.3 Å². The Kier molecular flexibility index (Phi) is 5.30. The number of anilines is 1. The molecule has 0 amide bonds.